The fourth-order valence-electron chi connectivity index (χ4n) is 1.62. The highest BCUT2D eigenvalue weighted by atomic mass is 16.5. The Morgan fingerprint density at radius 3 is 2.70 bits per heavy atom. The second-order valence-electron chi connectivity index (χ2n) is 4.47. The van der Waals surface area contributed by atoms with E-state index in [0.29, 0.717) is 17.9 Å². The Bertz CT molecular complexity index is 457. The number of terminal acetylenes is 1. The third-order valence-electron chi connectivity index (χ3n) is 2.73. The predicted octanol–water partition coefficient (Wildman–Crippen LogP) is 1.69. The zero-order chi connectivity index (χ0) is 14.6. The molecule has 0 heterocycles. The van der Waals surface area contributed by atoms with Crippen molar-refractivity contribution in [1.82, 2.24) is 5.32 Å². The lowest BCUT2D eigenvalue weighted by Gasteiger charge is -2.13. The standard InChI is InChI=1S/C16H20N2O2/c1-2-3-4-5-10-18-12-15(19)13-20-16-8-6-14(11-17)7-9-16/h1,6-9,15,18-19H,3-5,10,12-13H2. The molecule has 1 rings (SSSR count). The van der Waals surface area contributed by atoms with Gasteiger partial charge in [0.1, 0.15) is 18.5 Å². The smallest absolute Gasteiger partial charge is 0.119 e. The van der Waals surface area contributed by atoms with E-state index in [0.717, 1.165) is 25.8 Å². The van der Waals surface area contributed by atoms with Crippen molar-refractivity contribution in [2.75, 3.05) is 19.7 Å². The molecule has 2 N–H and O–H groups in total. The zero-order valence-corrected chi connectivity index (χ0v) is 11.5. The Kier molecular flexibility index (Phi) is 7.91. The molecule has 0 amide bonds. The molecule has 1 unspecified atom stereocenters. The highest BCUT2D eigenvalue weighted by Crippen LogP contribution is 2.11. The lowest BCUT2D eigenvalue weighted by atomic mass is 10.2. The van der Waals surface area contributed by atoms with Gasteiger partial charge in [-0.05, 0) is 43.7 Å². The first kappa shape index (κ1) is 16.0. The number of ether oxygens (including phenoxy) is 1. The van der Waals surface area contributed by atoms with Gasteiger partial charge in [-0.15, -0.1) is 12.3 Å². The van der Waals surface area contributed by atoms with Crippen LogP contribution >= 0.6 is 0 Å². The molecule has 0 aromatic heterocycles. The summed E-state index contributed by atoms with van der Waals surface area (Å²) in [5.74, 6) is 3.25. The van der Waals surface area contributed by atoms with Crippen LogP contribution in [0.15, 0.2) is 24.3 Å². The number of aliphatic hydroxyl groups is 1. The molecule has 0 saturated heterocycles. The number of nitriles is 1. The molecule has 4 heteroatoms. The van der Waals surface area contributed by atoms with E-state index in [1.807, 2.05) is 6.07 Å². The Morgan fingerprint density at radius 1 is 1.30 bits per heavy atom. The van der Waals surface area contributed by atoms with Gasteiger partial charge < -0.3 is 15.2 Å². The lowest BCUT2D eigenvalue weighted by molar-refractivity contribution is 0.106. The minimum atomic E-state index is -0.557. The molecule has 0 aliphatic rings. The third kappa shape index (κ3) is 6.80. The summed E-state index contributed by atoms with van der Waals surface area (Å²) < 4.78 is 5.44. The number of benzene rings is 1. The Hall–Kier alpha value is -2.01. The van der Waals surface area contributed by atoms with E-state index < -0.39 is 6.10 Å². The monoisotopic (exact) mass is 272 g/mol. The van der Waals surface area contributed by atoms with Crippen molar-refractivity contribution in [1.29, 1.82) is 5.26 Å². The van der Waals surface area contributed by atoms with Crippen LogP contribution in [0.1, 0.15) is 24.8 Å². The lowest BCUT2D eigenvalue weighted by Crippen LogP contribution is -2.32. The molecule has 1 aromatic carbocycles. The second kappa shape index (κ2) is 9.86. The predicted molar refractivity (Wildman–Crippen MR) is 78.2 cm³/mol. The van der Waals surface area contributed by atoms with Gasteiger partial charge in [0.25, 0.3) is 0 Å². The molecule has 0 bridgehead atoms. The summed E-state index contributed by atoms with van der Waals surface area (Å²) in [5.41, 5.74) is 0.589. The van der Waals surface area contributed by atoms with Crippen molar-refractivity contribution in [2.45, 2.75) is 25.4 Å². The maximum absolute atomic E-state index is 9.74. The molecule has 0 radical (unpaired) electrons. The number of aliphatic hydroxyl groups excluding tert-OH is 1. The van der Waals surface area contributed by atoms with Crippen molar-refractivity contribution in [3.05, 3.63) is 29.8 Å². The van der Waals surface area contributed by atoms with Gasteiger partial charge in [0.2, 0.25) is 0 Å². The topological polar surface area (TPSA) is 65.3 Å². The molecule has 0 aliphatic carbocycles. The molecular formula is C16H20N2O2. The SMILES string of the molecule is C#CCCCCNCC(O)COc1ccc(C#N)cc1. The minimum absolute atomic E-state index is 0.225. The average Bonchev–Trinajstić information content (AvgIpc) is 2.49. The van der Waals surface area contributed by atoms with Gasteiger partial charge in [0.05, 0.1) is 11.6 Å². The summed E-state index contributed by atoms with van der Waals surface area (Å²) in [6.45, 7) is 1.56. The van der Waals surface area contributed by atoms with Crippen LogP contribution in [0.25, 0.3) is 0 Å². The van der Waals surface area contributed by atoms with E-state index in [2.05, 4.69) is 11.2 Å². The Morgan fingerprint density at radius 2 is 2.05 bits per heavy atom. The van der Waals surface area contributed by atoms with Gasteiger partial charge in [-0.1, -0.05) is 0 Å². The normalized spacial score (nSPS) is 11.3. The number of hydrogen-bond donors (Lipinski definition) is 2. The number of nitrogens with one attached hydrogen (secondary N) is 1. The number of unbranched alkanes of at least 4 members (excludes halogenated alkanes) is 2. The maximum atomic E-state index is 9.74. The van der Waals surface area contributed by atoms with E-state index in [4.69, 9.17) is 16.4 Å². The van der Waals surface area contributed by atoms with Crippen molar-refractivity contribution in [2.24, 2.45) is 0 Å². The highest BCUT2D eigenvalue weighted by Gasteiger charge is 2.04. The van der Waals surface area contributed by atoms with Crippen molar-refractivity contribution < 1.29 is 9.84 Å². The van der Waals surface area contributed by atoms with E-state index in [9.17, 15) is 5.11 Å². The van der Waals surface area contributed by atoms with Gasteiger partial charge >= 0.3 is 0 Å². The van der Waals surface area contributed by atoms with Crippen LogP contribution in [-0.2, 0) is 0 Å². The van der Waals surface area contributed by atoms with Crippen LogP contribution in [0.2, 0.25) is 0 Å². The first-order chi connectivity index (χ1) is 9.76. The summed E-state index contributed by atoms with van der Waals surface area (Å²) in [6.07, 6.45) is 7.41. The highest BCUT2D eigenvalue weighted by molar-refractivity contribution is 5.34. The summed E-state index contributed by atoms with van der Waals surface area (Å²) in [6, 6.07) is 8.85. The van der Waals surface area contributed by atoms with Crippen molar-refractivity contribution in [3.63, 3.8) is 0 Å². The number of nitrogens with zero attached hydrogens (tertiary/aromatic N) is 1. The first-order valence-electron chi connectivity index (χ1n) is 6.71. The van der Waals surface area contributed by atoms with E-state index in [-0.39, 0.29) is 6.61 Å². The van der Waals surface area contributed by atoms with Gasteiger partial charge in [0, 0.05) is 13.0 Å². The van der Waals surface area contributed by atoms with E-state index >= 15 is 0 Å². The molecule has 1 atom stereocenters. The molecule has 0 saturated carbocycles. The molecular weight excluding hydrogens is 252 g/mol. The van der Waals surface area contributed by atoms with Gasteiger partial charge in [-0.25, -0.2) is 0 Å². The molecule has 1 aromatic rings. The van der Waals surface area contributed by atoms with Gasteiger partial charge in [0.15, 0.2) is 0 Å². The molecule has 0 fully saturated rings. The molecule has 4 nitrogen and oxygen atoms in total. The van der Waals surface area contributed by atoms with Crippen molar-refractivity contribution >= 4 is 0 Å². The van der Waals surface area contributed by atoms with Crippen LogP contribution < -0.4 is 10.1 Å². The minimum Gasteiger partial charge on any atom is -0.491 e. The quantitative estimate of drug-likeness (QED) is 0.530. The van der Waals surface area contributed by atoms with Crippen LogP contribution in [0.5, 0.6) is 5.75 Å². The average molecular weight is 272 g/mol. The van der Waals surface area contributed by atoms with E-state index in [1.54, 1.807) is 24.3 Å². The molecule has 0 aliphatic heterocycles. The summed E-state index contributed by atoms with van der Waals surface area (Å²) in [5, 5.41) is 21.6. The fraction of sp³-hybridized carbons (Fsp3) is 0.438. The van der Waals surface area contributed by atoms with Crippen LogP contribution in [0, 0.1) is 23.7 Å². The number of hydrogen-bond acceptors (Lipinski definition) is 4. The fourth-order valence-corrected chi connectivity index (χ4v) is 1.62. The summed E-state index contributed by atoms with van der Waals surface area (Å²) >= 11 is 0. The van der Waals surface area contributed by atoms with Crippen LogP contribution in [-0.4, -0.2) is 30.9 Å². The summed E-state index contributed by atoms with van der Waals surface area (Å²) in [7, 11) is 0. The molecule has 20 heavy (non-hydrogen) atoms. The Labute approximate surface area is 120 Å². The van der Waals surface area contributed by atoms with Crippen molar-refractivity contribution in [3.8, 4) is 24.2 Å². The summed E-state index contributed by atoms with van der Waals surface area (Å²) in [4.78, 5) is 0. The maximum Gasteiger partial charge on any atom is 0.119 e. The largest absolute Gasteiger partial charge is 0.491 e. The molecule has 0 spiro atoms. The van der Waals surface area contributed by atoms with Gasteiger partial charge in [-0.2, -0.15) is 5.26 Å². The molecule has 106 valence electrons. The van der Waals surface area contributed by atoms with E-state index in [1.165, 1.54) is 0 Å². The third-order valence-corrected chi connectivity index (χ3v) is 2.73. The van der Waals surface area contributed by atoms with Gasteiger partial charge in [-0.3, -0.25) is 0 Å². The number of rotatable bonds is 9. The second-order valence-corrected chi connectivity index (χ2v) is 4.47. The Balaban J connectivity index is 2.11. The first-order valence-corrected chi connectivity index (χ1v) is 6.71. The zero-order valence-electron chi connectivity index (χ0n) is 11.5. The van der Waals surface area contributed by atoms with Crippen LogP contribution in [0.4, 0.5) is 0 Å². The van der Waals surface area contributed by atoms with Crippen LogP contribution in [0.3, 0.4) is 0 Å².